The van der Waals surface area contributed by atoms with Crippen molar-refractivity contribution < 1.29 is 14.3 Å². The van der Waals surface area contributed by atoms with Crippen molar-refractivity contribution in [1.82, 2.24) is 4.90 Å². The minimum absolute atomic E-state index is 0.0386. The molecule has 0 aromatic carbocycles. The van der Waals surface area contributed by atoms with Crippen molar-refractivity contribution >= 4 is 0 Å². The van der Waals surface area contributed by atoms with E-state index in [9.17, 15) is 0 Å². The second kappa shape index (κ2) is 8.29. The Hall–Kier alpha value is -0.840. The zero-order chi connectivity index (χ0) is 13.4. The largest absolute Gasteiger partial charge is 0.462 e. The van der Waals surface area contributed by atoms with Gasteiger partial charge in [0.1, 0.15) is 18.1 Å². The van der Waals surface area contributed by atoms with Crippen LogP contribution in [-0.4, -0.2) is 36.3 Å². The van der Waals surface area contributed by atoms with E-state index in [-0.39, 0.29) is 6.61 Å². The fraction of sp³-hybridized carbons (Fsp3) is 0.714. The monoisotopic (exact) mass is 255 g/mol. The van der Waals surface area contributed by atoms with Gasteiger partial charge in [0.25, 0.3) is 0 Å². The summed E-state index contributed by atoms with van der Waals surface area (Å²) in [6.45, 7) is 6.77. The number of methoxy groups -OCH3 is 1. The molecule has 1 aromatic heterocycles. The van der Waals surface area contributed by atoms with Gasteiger partial charge >= 0.3 is 0 Å². The van der Waals surface area contributed by atoms with Crippen molar-refractivity contribution in [3.05, 3.63) is 23.7 Å². The number of ether oxygens (including phenoxy) is 1. The number of aliphatic hydroxyl groups excluding tert-OH is 1. The third-order valence-electron chi connectivity index (χ3n) is 3.27. The molecule has 1 rings (SSSR count). The van der Waals surface area contributed by atoms with Crippen molar-refractivity contribution in [2.45, 2.75) is 45.9 Å². The van der Waals surface area contributed by atoms with Crippen LogP contribution in [0.15, 0.2) is 16.5 Å². The van der Waals surface area contributed by atoms with Crippen LogP contribution in [-0.2, 0) is 17.9 Å². The average molecular weight is 255 g/mol. The zero-order valence-electron chi connectivity index (χ0n) is 11.7. The van der Waals surface area contributed by atoms with Crippen LogP contribution in [0.4, 0.5) is 0 Å². The van der Waals surface area contributed by atoms with E-state index in [2.05, 4.69) is 18.7 Å². The quantitative estimate of drug-likeness (QED) is 0.736. The van der Waals surface area contributed by atoms with Crippen LogP contribution >= 0.6 is 0 Å². The number of nitrogens with zero attached hydrogens (tertiary/aromatic N) is 1. The number of hydrogen-bond donors (Lipinski definition) is 1. The van der Waals surface area contributed by atoms with Gasteiger partial charge in [0.2, 0.25) is 0 Å². The van der Waals surface area contributed by atoms with Crippen LogP contribution < -0.4 is 0 Å². The van der Waals surface area contributed by atoms with Crippen molar-refractivity contribution in [3.63, 3.8) is 0 Å². The molecule has 0 aliphatic rings. The van der Waals surface area contributed by atoms with E-state index in [1.807, 2.05) is 12.1 Å². The molecule has 1 heterocycles. The minimum atomic E-state index is -0.0386. The van der Waals surface area contributed by atoms with Crippen LogP contribution in [0.1, 0.15) is 38.2 Å². The van der Waals surface area contributed by atoms with Gasteiger partial charge in [-0.25, -0.2) is 0 Å². The summed E-state index contributed by atoms with van der Waals surface area (Å²) in [5.74, 6) is 1.53. The number of furan rings is 1. The Balaban J connectivity index is 2.64. The van der Waals surface area contributed by atoms with Crippen LogP contribution in [0.2, 0.25) is 0 Å². The molecule has 4 nitrogen and oxygen atoms in total. The molecule has 4 heteroatoms. The first-order chi connectivity index (χ1) is 8.74. The molecule has 0 saturated heterocycles. The fourth-order valence-electron chi connectivity index (χ4n) is 2.20. The van der Waals surface area contributed by atoms with E-state index in [1.165, 1.54) is 0 Å². The van der Waals surface area contributed by atoms with Crippen molar-refractivity contribution in [2.24, 2.45) is 0 Å². The summed E-state index contributed by atoms with van der Waals surface area (Å²) < 4.78 is 10.7. The predicted octanol–water partition coefficient (Wildman–Crippen LogP) is 2.41. The molecular formula is C14H25NO3. The summed E-state index contributed by atoms with van der Waals surface area (Å²) in [5, 5.41) is 9.00. The minimum Gasteiger partial charge on any atom is -0.462 e. The Morgan fingerprint density at radius 1 is 1.28 bits per heavy atom. The third-order valence-corrected chi connectivity index (χ3v) is 3.27. The SMILES string of the molecule is CCC(CC)N(CCOC)Cc1ccc(CO)o1. The van der Waals surface area contributed by atoms with Gasteiger partial charge in [-0.1, -0.05) is 13.8 Å². The normalized spacial score (nSPS) is 11.7. The Morgan fingerprint density at radius 3 is 2.44 bits per heavy atom. The molecule has 0 spiro atoms. The first kappa shape index (κ1) is 15.2. The van der Waals surface area contributed by atoms with Crippen molar-refractivity contribution in [1.29, 1.82) is 0 Å². The molecular weight excluding hydrogens is 230 g/mol. The third kappa shape index (κ3) is 4.44. The summed E-state index contributed by atoms with van der Waals surface area (Å²) in [6.07, 6.45) is 2.24. The molecule has 0 radical (unpaired) electrons. The molecule has 0 aliphatic heterocycles. The molecule has 1 aromatic rings. The second-order valence-corrected chi connectivity index (χ2v) is 4.46. The number of hydrogen-bond acceptors (Lipinski definition) is 4. The molecule has 0 amide bonds. The molecule has 18 heavy (non-hydrogen) atoms. The first-order valence-corrected chi connectivity index (χ1v) is 6.66. The molecule has 0 atom stereocenters. The zero-order valence-corrected chi connectivity index (χ0v) is 11.7. The lowest BCUT2D eigenvalue weighted by Gasteiger charge is -2.29. The fourth-order valence-corrected chi connectivity index (χ4v) is 2.20. The van der Waals surface area contributed by atoms with Gasteiger partial charge in [-0.05, 0) is 25.0 Å². The van der Waals surface area contributed by atoms with E-state index in [1.54, 1.807) is 7.11 Å². The molecule has 0 aliphatic carbocycles. The summed E-state index contributed by atoms with van der Waals surface area (Å²) in [6, 6.07) is 4.31. The number of rotatable bonds is 9. The van der Waals surface area contributed by atoms with Gasteiger partial charge in [0.05, 0.1) is 13.2 Å². The van der Waals surface area contributed by atoms with Crippen LogP contribution in [0.25, 0.3) is 0 Å². The summed E-state index contributed by atoms with van der Waals surface area (Å²) in [7, 11) is 1.72. The van der Waals surface area contributed by atoms with Gasteiger partial charge in [0.15, 0.2) is 0 Å². The summed E-state index contributed by atoms with van der Waals surface area (Å²) in [4.78, 5) is 2.38. The van der Waals surface area contributed by atoms with Gasteiger partial charge in [-0.2, -0.15) is 0 Å². The van der Waals surface area contributed by atoms with Crippen molar-refractivity contribution in [2.75, 3.05) is 20.3 Å². The maximum absolute atomic E-state index is 9.00. The number of aliphatic hydroxyl groups is 1. The highest BCUT2D eigenvalue weighted by Crippen LogP contribution is 2.15. The van der Waals surface area contributed by atoms with Gasteiger partial charge in [0, 0.05) is 19.7 Å². The lowest BCUT2D eigenvalue weighted by atomic mass is 10.1. The Morgan fingerprint density at radius 2 is 1.94 bits per heavy atom. The summed E-state index contributed by atoms with van der Waals surface area (Å²) >= 11 is 0. The van der Waals surface area contributed by atoms with E-state index >= 15 is 0 Å². The molecule has 104 valence electrons. The summed E-state index contributed by atoms with van der Waals surface area (Å²) in [5.41, 5.74) is 0. The van der Waals surface area contributed by atoms with Gasteiger partial charge < -0.3 is 14.3 Å². The molecule has 0 fully saturated rings. The highest BCUT2D eigenvalue weighted by molar-refractivity contribution is 5.06. The lowest BCUT2D eigenvalue weighted by Crippen LogP contribution is -2.36. The Labute approximate surface area is 110 Å². The van der Waals surface area contributed by atoms with Crippen LogP contribution in [0.5, 0.6) is 0 Å². The van der Waals surface area contributed by atoms with E-state index in [4.69, 9.17) is 14.3 Å². The van der Waals surface area contributed by atoms with Gasteiger partial charge in [-0.3, -0.25) is 4.90 Å². The highest BCUT2D eigenvalue weighted by atomic mass is 16.5. The maximum Gasteiger partial charge on any atom is 0.129 e. The van der Waals surface area contributed by atoms with Crippen molar-refractivity contribution in [3.8, 4) is 0 Å². The lowest BCUT2D eigenvalue weighted by molar-refractivity contribution is 0.103. The maximum atomic E-state index is 9.00. The standard InChI is InChI=1S/C14H25NO3/c1-4-12(5-2)15(8-9-17-3)10-13-6-7-14(11-16)18-13/h6-7,12,16H,4-5,8-11H2,1-3H3. The predicted molar refractivity (Wildman–Crippen MR) is 71.3 cm³/mol. The Kier molecular flexibility index (Phi) is 7.01. The second-order valence-electron chi connectivity index (χ2n) is 4.46. The molecule has 0 bridgehead atoms. The van der Waals surface area contributed by atoms with Crippen LogP contribution in [0, 0.1) is 0 Å². The van der Waals surface area contributed by atoms with E-state index in [0.29, 0.717) is 11.8 Å². The molecule has 0 saturated carbocycles. The average Bonchev–Trinajstić information content (AvgIpc) is 2.84. The first-order valence-electron chi connectivity index (χ1n) is 6.66. The molecule has 0 unspecified atom stereocenters. The van der Waals surface area contributed by atoms with E-state index < -0.39 is 0 Å². The van der Waals surface area contributed by atoms with Gasteiger partial charge in [-0.15, -0.1) is 0 Å². The smallest absolute Gasteiger partial charge is 0.129 e. The topological polar surface area (TPSA) is 45.8 Å². The highest BCUT2D eigenvalue weighted by Gasteiger charge is 2.16. The van der Waals surface area contributed by atoms with E-state index in [0.717, 1.165) is 38.3 Å². The van der Waals surface area contributed by atoms with Crippen LogP contribution in [0.3, 0.4) is 0 Å². The Bertz CT molecular complexity index is 321. The molecule has 1 N–H and O–H groups in total.